The average Bonchev–Trinajstić information content (AvgIpc) is 3.15. The van der Waals surface area contributed by atoms with Gasteiger partial charge in [-0.25, -0.2) is 4.79 Å². The topological polar surface area (TPSA) is 35.5 Å². The highest BCUT2D eigenvalue weighted by Crippen LogP contribution is 2.26. The highest BCUT2D eigenvalue weighted by molar-refractivity contribution is 5.85. The van der Waals surface area contributed by atoms with Crippen molar-refractivity contribution in [3.05, 3.63) is 78.4 Å². The predicted molar refractivity (Wildman–Crippen MR) is 220 cm³/mol. The molecular weight excluding hydrogens is 625 g/mol. The van der Waals surface area contributed by atoms with Crippen LogP contribution in [0.2, 0.25) is 0 Å². The summed E-state index contributed by atoms with van der Waals surface area (Å²) < 4.78 is 11.2. The van der Waals surface area contributed by atoms with Crippen LogP contribution in [-0.4, -0.2) is 18.7 Å². The molecule has 0 aliphatic carbocycles. The molecular formula is C48H74O3. The second-order valence-corrected chi connectivity index (χ2v) is 15.4. The smallest absolute Gasteiger partial charge is 0.344 e. The molecule has 51 heavy (non-hydrogen) atoms. The number of benzene rings is 3. The lowest BCUT2D eigenvalue weighted by Gasteiger charge is -2.19. The van der Waals surface area contributed by atoms with E-state index in [1.807, 2.05) is 37.3 Å². The lowest BCUT2D eigenvalue weighted by atomic mass is 9.89. The molecule has 2 unspecified atom stereocenters. The van der Waals surface area contributed by atoms with Crippen molar-refractivity contribution in [3.63, 3.8) is 0 Å². The summed E-state index contributed by atoms with van der Waals surface area (Å²) in [5, 5.41) is 2.78. The van der Waals surface area contributed by atoms with Gasteiger partial charge in [0.15, 0.2) is 6.61 Å². The lowest BCUT2D eigenvalue weighted by molar-refractivity contribution is -0.150. The maximum absolute atomic E-state index is 12.3. The van der Waals surface area contributed by atoms with Crippen LogP contribution in [0.1, 0.15) is 180 Å². The fourth-order valence-corrected chi connectivity index (χ4v) is 7.70. The third-order valence-corrected chi connectivity index (χ3v) is 10.8. The zero-order valence-corrected chi connectivity index (χ0v) is 32.9. The molecule has 0 spiro atoms. The van der Waals surface area contributed by atoms with Gasteiger partial charge in [-0.15, -0.1) is 0 Å². The van der Waals surface area contributed by atoms with Crippen LogP contribution < -0.4 is 4.74 Å². The zero-order chi connectivity index (χ0) is 36.0. The fourth-order valence-electron chi connectivity index (χ4n) is 7.70. The maximum Gasteiger partial charge on any atom is 0.344 e. The number of para-hydroxylation sites is 1. The minimum Gasteiger partial charge on any atom is -0.482 e. The standard InChI is InChI=1S/C48H74O3/c1-3-4-5-6-7-8-9-10-11-12-13-14-15-16-17-21-31-43(33-28-30-42(2)51-48(49)41-50-46-38-24-20-25-39-46)32-22-18-19-23-34-44-36-29-37-45-35-26-27-40-47(44)45/h20,24-27,29,35-40,42-43H,3-19,21-23,28,30-34,41H2,1-2H3. The Balaban J connectivity index is 1.27. The first-order valence-corrected chi connectivity index (χ1v) is 21.5. The van der Waals surface area contributed by atoms with Crippen molar-refractivity contribution in [1.29, 1.82) is 0 Å². The van der Waals surface area contributed by atoms with Gasteiger partial charge in [-0.1, -0.05) is 209 Å². The van der Waals surface area contributed by atoms with Crippen molar-refractivity contribution in [2.75, 3.05) is 6.61 Å². The Morgan fingerprint density at radius 2 is 1.04 bits per heavy atom. The molecule has 0 heterocycles. The van der Waals surface area contributed by atoms with Gasteiger partial charge in [0.2, 0.25) is 0 Å². The van der Waals surface area contributed by atoms with Gasteiger partial charge in [0.1, 0.15) is 5.75 Å². The molecule has 0 aliphatic rings. The average molecular weight is 699 g/mol. The Bertz CT molecular complexity index is 1250. The highest BCUT2D eigenvalue weighted by atomic mass is 16.6. The molecule has 0 fully saturated rings. The molecule has 0 radical (unpaired) electrons. The van der Waals surface area contributed by atoms with Gasteiger partial charge in [-0.3, -0.25) is 0 Å². The SMILES string of the molecule is CCCCCCCCCCCCCCCCCCC(CCCCCCc1cccc2ccccc12)CCCC(C)OC(=O)COc1ccccc1. The zero-order valence-electron chi connectivity index (χ0n) is 32.9. The molecule has 3 heteroatoms. The number of unbranched alkanes of at least 4 members (excludes halogenated alkanes) is 18. The molecule has 3 aromatic rings. The number of fused-ring (bicyclic) bond motifs is 1. The van der Waals surface area contributed by atoms with E-state index >= 15 is 0 Å². The first-order chi connectivity index (χ1) is 25.2. The molecule has 0 aromatic heterocycles. The first kappa shape index (κ1) is 42.6. The molecule has 0 amide bonds. The molecule has 284 valence electrons. The van der Waals surface area contributed by atoms with E-state index in [1.54, 1.807) is 0 Å². The number of carbonyl (C=O) groups is 1. The van der Waals surface area contributed by atoms with Crippen molar-refractivity contribution < 1.29 is 14.3 Å². The number of esters is 1. The summed E-state index contributed by atoms with van der Waals surface area (Å²) in [6.07, 6.45) is 35.1. The maximum atomic E-state index is 12.3. The Hall–Kier alpha value is -2.81. The number of aryl methyl sites for hydroxylation is 1. The van der Waals surface area contributed by atoms with Crippen molar-refractivity contribution in [3.8, 4) is 5.75 Å². The molecule has 0 bridgehead atoms. The predicted octanol–water partition coefficient (Wildman–Crippen LogP) is 14.8. The largest absolute Gasteiger partial charge is 0.482 e. The minimum absolute atomic E-state index is 0.0310. The number of hydrogen-bond acceptors (Lipinski definition) is 3. The van der Waals surface area contributed by atoms with E-state index in [2.05, 4.69) is 49.4 Å². The number of ether oxygens (including phenoxy) is 2. The van der Waals surface area contributed by atoms with Crippen molar-refractivity contribution in [1.82, 2.24) is 0 Å². The van der Waals surface area contributed by atoms with E-state index in [-0.39, 0.29) is 18.7 Å². The molecule has 2 atom stereocenters. The second kappa shape index (κ2) is 28.7. The van der Waals surface area contributed by atoms with E-state index in [4.69, 9.17) is 9.47 Å². The van der Waals surface area contributed by atoms with Gasteiger partial charge in [0, 0.05) is 0 Å². The molecule has 0 saturated carbocycles. The summed E-state index contributed by atoms with van der Waals surface area (Å²) in [6, 6.07) is 25.0. The summed E-state index contributed by atoms with van der Waals surface area (Å²) in [6.45, 7) is 4.30. The van der Waals surface area contributed by atoms with Crippen LogP contribution in [0.25, 0.3) is 10.8 Å². The normalized spacial score (nSPS) is 12.6. The van der Waals surface area contributed by atoms with E-state index < -0.39 is 0 Å². The van der Waals surface area contributed by atoms with Crippen LogP contribution in [0.15, 0.2) is 72.8 Å². The summed E-state index contributed by atoms with van der Waals surface area (Å²) >= 11 is 0. The van der Waals surface area contributed by atoms with Crippen LogP contribution in [-0.2, 0) is 16.0 Å². The van der Waals surface area contributed by atoms with Gasteiger partial charge in [0.05, 0.1) is 6.10 Å². The molecule has 0 aliphatic heterocycles. The van der Waals surface area contributed by atoms with E-state index in [9.17, 15) is 4.79 Å². The molecule has 0 N–H and O–H groups in total. The number of hydrogen-bond donors (Lipinski definition) is 0. The summed E-state index contributed by atoms with van der Waals surface area (Å²) in [5.41, 5.74) is 1.50. The van der Waals surface area contributed by atoms with Gasteiger partial charge in [-0.2, -0.15) is 0 Å². The molecule has 0 saturated heterocycles. The monoisotopic (exact) mass is 699 g/mol. The third-order valence-electron chi connectivity index (χ3n) is 10.8. The minimum atomic E-state index is -0.278. The lowest BCUT2D eigenvalue weighted by Crippen LogP contribution is -2.21. The molecule has 3 aromatic carbocycles. The summed E-state index contributed by atoms with van der Waals surface area (Å²) in [5.74, 6) is 1.21. The van der Waals surface area contributed by atoms with Crippen LogP contribution in [0.4, 0.5) is 0 Å². The van der Waals surface area contributed by atoms with Crippen molar-refractivity contribution >= 4 is 16.7 Å². The van der Waals surface area contributed by atoms with Gasteiger partial charge < -0.3 is 9.47 Å². The van der Waals surface area contributed by atoms with Gasteiger partial charge in [-0.05, 0) is 67.0 Å². The quantitative estimate of drug-likeness (QED) is 0.0481. The number of carbonyl (C=O) groups excluding carboxylic acids is 1. The summed E-state index contributed by atoms with van der Waals surface area (Å²) in [7, 11) is 0. The Labute approximate surface area is 313 Å². The highest BCUT2D eigenvalue weighted by Gasteiger charge is 2.14. The van der Waals surface area contributed by atoms with Crippen LogP contribution in [0.3, 0.4) is 0 Å². The van der Waals surface area contributed by atoms with Crippen molar-refractivity contribution in [2.45, 2.75) is 187 Å². The molecule has 3 nitrogen and oxygen atoms in total. The third kappa shape index (κ3) is 20.7. The van der Waals surface area contributed by atoms with Crippen LogP contribution in [0, 0.1) is 5.92 Å². The Morgan fingerprint density at radius 3 is 1.67 bits per heavy atom. The molecule has 3 rings (SSSR count). The van der Waals surface area contributed by atoms with Crippen LogP contribution in [0.5, 0.6) is 5.75 Å². The van der Waals surface area contributed by atoms with E-state index in [0.29, 0.717) is 5.75 Å². The number of rotatable bonds is 32. The van der Waals surface area contributed by atoms with Crippen molar-refractivity contribution in [2.24, 2.45) is 5.92 Å². The first-order valence-electron chi connectivity index (χ1n) is 21.5. The summed E-state index contributed by atoms with van der Waals surface area (Å²) in [4.78, 5) is 12.3. The van der Waals surface area contributed by atoms with Gasteiger partial charge in [0.25, 0.3) is 0 Å². The fraction of sp³-hybridized carbons (Fsp3) is 0.646. The van der Waals surface area contributed by atoms with Crippen LogP contribution >= 0.6 is 0 Å². The van der Waals surface area contributed by atoms with Gasteiger partial charge >= 0.3 is 5.97 Å². The Kier molecular flexibility index (Phi) is 24.0. The Morgan fingerprint density at radius 1 is 0.529 bits per heavy atom. The van der Waals surface area contributed by atoms with E-state index in [1.165, 1.54) is 170 Å². The van der Waals surface area contributed by atoms with E-state index in [0.717, 1.165) is 18.8 Å². The second-order valence-electron chi connectivity index (χ2n) is 15.4.